The maximum absolute atomic E-state index is 11.0. The van der Waals surface area contributed by atoms with Crippen LogP contribution in [0.2, 0.25) is 0 Å². The minimum atomic E-state index is -3.63. The summed E-state index contributed by atoms with van der Waals surface area (Å²) in [6.45, 7) is 0. The van der Waals surface area contributed by atoms with Gasteiger partial charge in [0.05, 0.1) is 4.90 Å². The molecule has 15 heavy (non-hydrogen) atoms. The van der Waals surface area contributed by atoms with Crippen LogP contribution in [-0.2, 0) is 9.05 Å². The summed E-state index contributed by atoms with van der Waals surface area (Å²) >= 11 is 1.83. The van der Waals surface area contributed by atoms with E-state index in [1.54, 1.807) is 12.1 Å². The predicted octanol–water partition coefficient (Wildman–Crippen LogP) is 2.11. The van der Waals surface area contributed by atoms with Gasteiger partial charge in [0.2, 0.25) is 0 Å². The van der Waals surface area contributed by atoms with Gasteiger partial charge in [-0.1, -0.05) is 0 Å². The van der Waals surface area contributed by atoms with Gasteiger partial charge in [0, 0.05) is 22.2 Å². The summed E-state index contributed by atoms with van der Waals surface area (Å²) in [6, 6.07) is 6.14. The minimum Gasteiger partial charge on any atom is -0.489 e. The van der Waals surface area contributed by atoms with Crippen LogP contribution in [0.3, 0.4) is 0 Å². The quantitative estimate of drug-likeness (QED) is 0.785. The second-order valence-electron chi connectivity index (χ2n) is 3.19. The molecule has 1 aromatic rings. The van der Waals surface area contributed by atoms with Gasteiger partial charge >= 0.3 is 0 Å². The largest absolute Gasteiger partial charge is 0.489 e. The Morgan fingerprint density at radius 3 is 2.27 bits per heavy atom. The Labute approximate surface area is 97.2 Å². The first-order valence-corrected chi connectivity index (χ1v) is 7.81. The lowest BCUT2D eigenvalue weighted by Crippen LogP contribution is -2.30. The number of thioether (sulfide) groups is 1. The maximum Gasteiger partial charge on any atom is 0.261 e. The molecule has 2 rings (SSSR count). The molecule has 0 spiro atoms. The van der Waals surface area contributed by atoms with Gasteiger partial charge in [-0.3, -0.25) is 0 Å². The Morgan fingerprint density at radius 1 is 1.27 bits per heavy atom. The first kappa shape index (κ1) is 11.1. The van der Waals surface area contributed by atoms with E-state index in [1.165, 1.54) is 12.1 Å². The van der Waals surface area contributed by atoms with E-state index in [-0.39, 0.29) is 11.0 Å². The Balaban J connectivity index is 2.09. The van der Waals surface area contributed by atoms with Gasteiger partial charge in [0.15, 0.2) is 0 Å². The lowest BCUT2D eigenvalue weighted by atomic mass is 10.3. The summed E-state index contributed by atoms with van der Waals surface area (Å²) < 4.78 is 27.5. The minimum absolute atomic E-state index is 0.0968. The molecule has 1 aromatic carbocycles. The highest BCUT2D eigenvalue weighted by atomic mass is 35.7. The van der Waals surface area contributed by atoms with E-state index in [4.69, 9.17) is 15.4 Å². The normalized spacial score (nSPS) is 17.1. The van der Waals surface area contributed by atoms with E-state index in [0.717, 1.165) is 11.5 Å². The summed E-state index contributed by atoms with van der Waals surface area (Å²) in [7, 11) is 1.56. The fraction of sp³-hybridized carbons (Fsp3) is 0.333. The average molecular weight is 265 g/mol. The Hall–Kier alpha value is -0.390. The van der Waals surface area contributed by atoms with Gasteiger partial charge in [-0.2, -0.15) is 11.8 Å². The van der Waals surface area contributed by atoms with E-state index >= 15 is 0 Å². The van der Waals surface area contributed by atoms with E-state index < -0.39 is 9.05 Å². The maximum atomic E-state index is 11.0. The van der Waals surface area contributed by atoms with Gasteiger partial charge < -0.3 is 4.74 Å². The molecule has 1 heterocycles. The number of halogens is 1. The van der Waals surface area contributed by atoms with E-state index in [0.29, 0.717) is 5.75 Å². The van der Waals surface area contributed by atoms with E-state index in [1.807, 2.05) is 11.8 Å². The number of benzene rings is 1. The first-order chi connectivity index (χ1) is 7.05. The summed E-state index contributed by atoms with van der Waals surface area (Å²) in [5.74, 6) is 2.68. The topological polar surface area (TPSA) is 43.4 Å². The number of hydrogen-bond donors (Lipinski definition) is 0. The Kier molecular flexibility index (Phi) is 3.13. The van der Waals surface area contributed by atoms with Crippen LogP contribution in [0.15, 0.2) is 29.2 Å². The third-order valence-electron chi connectivity index (χ3n) is 2.02. The van der Waals surface area contributed by atoms with Crippen molar-refractivity contribution >= 4 is 31.5 Å². The van der Waals surface area contributed by atoms with Crippen LogP contribution >= 0.6 is 22.4 Å². The molecule has 1 fully saturated rings. The van der Waals surface area contributed by atoms with Crippen molar-refractivity contribution in [2.24, 2.45) is 0 Å². The molecule has 1 aliphatic rings. The van der Waals surface area contributed by atoms with Crippen molar-refractivity contribution in [3.05, 3.63) is 24.3 Å². The van der Waals surface area contributed by atoms with Crippen LogP contribution in [0, 0.1) is 0 Å². The van der Waals surface area contributed by atoms with Crippen molar-refractivity contribution in [2.45, 2.75) is 11.0 Å². The Morgan fingerprint density at radius 2 is 1.87 bits per heavy atom. The van der Waals surface area contributed by atoms with Crippen LogP contribution < -0.4 is 4.74 Å². The zero-order chi connectivity index (χ0) is 10.9. The monoisotopic (exact) mass is 264 g/mol. The SMILES string of the molecule is O=S(=O)(Cl)c1ccc(OC2CSC2)cc1. The molecular weight excluding hydrogens is 256 g/mol. The van der Waals surface area contributed by atoms with Gasteiger partial charge in [0.25, 0.3) is 9.05 Å². The number of rotatable bonds is 3. The number of hydrogen-bond acceptors (Lipinski definition) is 4. The Bertz CT molecular complexity index is 437. The van der Waals surface area contributed by atoms with Crippen molar-refractivity contribution in [3.63, 3.8) is 0 Å². The summed E-state index contributed by atoms with van der Waals surface area (Å²) in [5, 5.41) is 0. The van der Waals surface area contributed by atoms with E-state index in [9.17, 15) is 8.42 Å². The molecule has 0 aromatic heterocycles. The predicted molar refractivity (Wildman–Crippen MR) is 61.2 cm³/mol. The van der Waals surface area contributed by atoms with Gasteiger partial charge in [-0.15, -0.1) is 0 Å². The second-order valence-corrected chi connectivity index (χ2v) is 6.83. The standard InChI is InChI=1S/C9H9ClO3S2/c10-15(11,12)9-3-1-7(2-4-9)13-8-5-14-6-8/h1-4,8H,5-6H2. The zero-order valence-corrected chi connectivity index (χ0v) is 10.1. The number of ether oxygens (including phenoxy) is 1. The summed E-state index contributed by atoms with van der Waals surface area (Å²) in [5.41, 5.74) is 0. The van der Waals surface area contributed by atoms with Crippen LogP contribution in [0.5, 0.6) is 5.75 Å². The van der Waals surface area contributed by atoms with Crippen molar-refractivity contribution in [3.8, 4) is 5.75 Å². The summed E-state index contributed by atoms with van der Waals surface area (Å²) in [4.78, 5) is 0.0968. The highest BCUT2D eigenvalue weighted by Crippen LogP contribution is 2.25. The lowest BCUT2D eigenvalue weighted by molar-refractivity contribution is 0.240. The highest BCUT2D eigenvalue weighted by molar-refractivity contribution is 8.13. The first-order valence-electron chi connectivity index (χ1n) is 4.35. The fourth-order valence-corrected chi connectivity index (χ4v) is 2.49. The average Bonchev–Trinajstić information content (AvgIpc) is 2.11. The molecule has 0 saturated carbocycles. The van der Waals surface area contributed by atoms with Crippen LogP contribution in [0.25, 0.3) is 0 Å². The molecule has 1 aliphatic heterocycles. The van der Waals surface area contributed by atoms with Crippen LogP contribution in [-0.4, -0.2) is 26.0 Å². The third kappa shape index (κ3) is 2.80. The summed E-state index contributed by atoms with van der Waals surface area (Å²) in [6.07, 6.45) is 0.258. The molecule has 6 heteroatoms. The van der Waals surface area contributed by atoms with Gasteiger partial charge in [0.1, 0.15) is 11.9 Å². The molecule has 3 nitrogen and oxygen atoms in total. The molecule has 0 N–H and O–H groups in total. The highest BCUT2D eigenvalue weighted by Gasteiger charge is 2.19. The molecule has 1 saturated heterocycles. The molecule has 0 bridgehead atoms. The zero-order valence-electron chi connectivity index (χ0n) is 7.72. The van der Waals surface area contributed by atoms with Crippen molar-refractivity contribution in [1.29, 1.82) is 0 Å². The molecular formula is C9H9ClO3S2. The van der Waals surface area contributed by atoms with Crippen molar-refractivity contribution < 1.29 is 13.2 Å². The fourth-order valence-electron chi connectivity index (χ4n) is 1.16. The molecule has 0 amide bonds. The van der Waals surface area contributed by atoms with E-state index in [2.05, 4.69) is 0 Å². The smallest absolute Gasteiger partial charge is 0.261 e. The third-order valence-corrected chi connectivity index (χ3v) is 4.60. The molecule has 82 valence electrons. The van der Waals surface area contributed by atoms with Gasteiger partial charge in [-0.25, -0.2) is 8.42 Å². The van der Waals surface area contributed by atoms with Crippen LogP contribution in [0.4, 0.5) is 0 Å². The molecule has 0 radical (unpaired) electrons. The molecule has 0 unspecified atom stereocenters. The molecule has 0 aliphatic carbocycles. The van der Waals surface area contributed by atoms with Crippen molar-refractivity contribution in [2.75, 3.05) is 11.5 Å². The van der Waals surface area contributed by atoms with Crippen LogP contribution in [0.1, 0.15) is 0 Å². The lowest BCUT2D eigenvalue weighted by Gasteiger charge is -2.25. The van der Waals surface area contributed by atoms with Gasteiger partial charge in [-0.05, 0) is 24.3 Å². The second kappa shape index (κ2) is 4.23. The van der Waals surface area contributed by atoms with Crippen molar-refractivity contribution in [1.82, 2.24) is 0 Å². The molecule has 0 atom stereocenters.